The molecule has 104 valence electrons. The van der Waals surface area contributed by atoms with Crippen molar-refractivity contribution in [1.29, 1.82) is 0 Å². The molecule has 0 aromatic heterocycles. The number of nitro groups is 1. The summed E-state index contributed by atoms with van der Waals surface area (Å²) in [6, 6.07) is 4.96. The highest BCUT2D eigenvalue weighted by Crippen LogP contribution is 2.23. The minimum atomic E-state index is -0.385. The lowest BCUT2D eigenvalue weighted by Gasteiger charge is -2.26. The Kier molecular flexibility index (Phi) is 4.70. The summed E-state index contributed by atoms with van der Waals surface area (Å²) in [6.07, 6.45) is 0. The van der Waals surface area contributed by atoms with Crippen LogP contribution in [0.5, 0.6) is 5.75 Å². The van der Waals surface area contributed by atoms with Crippen molar-refractivity contribution in [3.63, 3.8) is 0 Å². The van der Waals surface area contributed by atoms with Crippen LogP contribution in [0, 0.1) is 17.0 Å². The second-order valence-electron chi connectivity index (χ2n) is 4.51. The number of morpholine rings is 1. The lowest BCUT2D eigenvalue weighted by molar-refractivity contribution is -0.385. The van der Waals surface area contributed by atoms with Crippen molar-refractivity contribution in [2.24, 2.45) is 0 Å². The maximum atomic E-state index is 10.8. The van der Waals surface area contributed by atoms with Crippen LogP contribution in [0.15, 0.2) is 18.2 Å². The van der Waals surface area contributed by atoms with Crippen LogP contribution >= 0.6 is 0 Å². The Balaban J connectivity index is 1.85. The molecular formula is C13H18N2O4. The van der Waals surface area contributed by atoms with Crippen LogP contribution in [0.25, 0.3) is 0 Å². The van der Waals surface area contributed by atoms with Crippen molar-refractivity contribution in [2.45, 2.75) is 6.92 Å². The Hall–Kier alpha value is -1.66. The maximum Gasteiger partial charge on any atom is 0.276 e. The molecule has 19 heavy (non-hydrogen) atoms. The fourth-order valence-electron chi connectivity index (χ4n) is 1.99. The number of benzene rings is 1. The van der Waals surface area contributed by atoms with E-state index < -0.39 is 0 Å². The van der Waals surface area contributed by atoms with E-state index in [0.29, 0.717) is 17.9 Å². The quantitative estimate of drug-likeness (QED) is 0.598. The highest BCUT2D eigenvalue weighted by atomic mass is 16.6. The lowest BCUT2D eigenvalue weighted by atomic mass is 10.2. The van der Waals surface area contributed by atoms with Gasteiger partial charge in [-0.05, 0) is 19.1 Å². The zero-order chi connectivity index (χ0) is 13.7. The second-order valence-corrected chi connectivity index (χ2v) is 4.51. The van der Waals surface area contributed by atoms with E-state index in [9.17, 15) is 10.1 Å². The van der Waals surface area contributed by atoms with E-state index in [1.165, 1.54) is 6.07 Å². The Morgan fingerprint density at radius 2 is 2.16 bits per heavy atom. The van der Waals surface area contributed by atoms with Gasteiger partial charge in [0.15, 0.2) is 0 Å². The van der Waals surface area contributed by atoms with Gasteiger partial charge in [-0.2, -0.15) is 0 Å². The van der Waals surface area contributed by atoms with Crippen LogP contribution in [0.1, 0.15) is 5.56 Å². The molecule has 1 fully saturated rings. The fourth-order valence-corrected chi connectivity index (χ4v) is 1.99. The van der Waals surface area contributed by atoms with Gasteiger partial charge in [0, 0.05) is 25.2 Å². The van der Waals surface area contributed by atoms with Crippen LogP contribution in [-0.4, -0.2) is 49.3 Å². The van der Waals surface area contributed by atoms with Gasteiger partial charge in [0.2, 0.25) is 0 Å². The Labute approximate surface area is 112 Å². The average molecular weight is 266 g/mol. The molecule has 0 bridgehead atoms. The summed E-state index contributed by atoms with van der Waals surface area (Å²) in [4.78, 5) is 12.7. The molecule has 6 nitrogen and oxygen atoms in total. The second kappa shape index (κ2) is 6.49. The maximum absolute atomic E-state index is 10.8. The number of nitrogens with zero attached hydrogens (tertiary/aromatic N) is 2. The van der Waals surface area contributed by atoms with Gasteiger partial charge in [0.25, 0.3) is 5.69 Å². The smallest absolute Gasteiger partial charge is 0.276 e. The van der Waals surface area contributed by atoms with Crippen LogP contribution in [0.3, 0.4) is 0 Å². The van der Waals surface area contributed by atoms with E-state index >= 15 is 0 Å². The lowest BCUT2D eigenvalue weighted by Crippen LogP contribution is -2.38. The summed E-state index contributed by atoms with van der Waals surface area (Å²) in [5, 5.41) is 10.8. The summed E-state index contributed by atoms with van der Waals surface area (Å²) in [5.74, 6) is 0.547. The fraction of sp³-hybridized carbons (Fsp3) is 0.538. The molecule has 1 aromatic rings. The van der Waals surface area contributed by atoms with Crippen molar-refractivity contribution < 1.29 is 14.4 Å². The molecule has 2 rings (SSSR count). The molecule has 0 amide bonds. The first-order valence-electron chi connectivity index (χ1n) is 6.35. The summed E-state index contributed by atoms with van der Waals surface area (Å²) < 4.78 is 10.8. The molecule has 0 N–H and O–H groups in total. The highest BCUT2D eigenvalue weighted by Gasteiger charge is 2.13. The molecule has 6 heteroatoms. The zero-order valence-electron chi connectivity index (χ0n) is 11.0. The Morgan fingerprint density at radius 3 is 2.84 bits per heavy atom. The van der Waals surface area contributed by atoms with E-state index in [0.717, 1.165) is 32.8 Å². The molecular weight excluding hydrogens is 248 g/mol. The van der Waals surface area contributed by atoms with Gasteiger partial charge >= 0.3 is 0 Å². The first kappa shape index (κ1) is 13.8. The van der Waals surface area contributed by atoms with E-state index in [4.69, 9.17) is 9.47 Å². The van der Waals surface area contributed by atoms with Gasteiger partial charge in [0.1, 0.15) is 12.4 Å². The molecule has 0 aliphatic carbocycles. The van der Waals surface area contributed by atoms with Crippen LogP contribution in [0.4, 0.5) is 5.69 Å². The van der Waals surface area contributed by atoms with E-state index in [1.807, 2.05) is 0 Å². The van der Waals surface area contributed by atoms with Crippen molar-refractivity contribution in [2.75, 3.05) is 39.5 Å². The molecule has 1 heterocycles. The minimum absolute atomic E-state index is 0.101. The number of hydrogen-bond donors (Lipinski definition) is 0. The first-order valence-corrected chi connectivity index (χ1v) is 6.35. The number of nitro benzene ring substituents is 1. The predicted octanol–water partition coefficient (Wildman–Crippen LogP) is 1.61. The minimum Gasteiger partial charge on any atom is -0.492 e. The molecule has 0 saturated carbocycles. The van der Waals surface area contributed by atoms with Gasteiger partial charge in [-0.3, -0.25) is 15.0 Å². The largest absolute Gasteiger partial charge is 0.492 e. The summed E-state index contributed by atoms with van der Waals surface area (Å²) in [6.45, 7) is 6.40. The van der Waals surface area contributed by atoms with Crippen LogP contribution in [-0.2, 0) is 4.74 Å². The third-order valence-corrected chi connectivity index (χ3v) is 3.16. The topological polar surface area (TPSA) is 64.8 Å². The van der Waals surface area contributed by atoms with Crippen molar-refractivity contribution in [1.82, 2.24) is 4.90 Å². The average Bonchev–Trinajstić information content (AvgIpc) is 2.41. The molecule has 0 unspecified atom stereocenters. The predicted molar refractivity (Wildman–Crippen MR) is 70.6 cm³/mol. The van der Waals surface area contributed by atoms with E-state index in [1.54, 1.807) is 19.1 Å². The van der Waals surface area contributed by atoms with Crippen molar-refractivity contribution >= 4 is 5.69 Å². The SMILES string of the molecule is Cc1ccc(OCCN2CCOCC2)cc1[N+](=O)[O-]. The molecule has 0 atom stereocenters. The van der Waals surface area contributed by atoms with Gasteiger partial charge < -0.3 is 9.47 Å². The number of aryl methyl sites for hydroxylation is 1. The molecule has 1 saturated heterocycles. The summed E-state index contributed by atoms with van der Waals surface area (Å²) >= 11 is 0. The van der Waals surface area contributed by atoms with E-state index in [-0.39, 0.29) is 10.6 Å². The van der Waals surface area contributed by atoms with Gasteiger partial charge in [0.05, 0.1) is 24.2 Å². The third kappa shape index (κ3) is 3.90. The Bertz CT molecular complexity index is 444. The molecule has 1 aromatic carbocycles. The van der Waals surface area contributed by atoms with Gasteiger partial charge in [-0.15, -0.1) is 0 Å². The zero-order valence-corrected chi connectivity index (χ0v) is 11.0. The monoisotopic (exact) mass is 266 g/mol. The highest BCUT2D eigenvalue weighted by molar-refractivity contribution is 5.45. The first-order chi connectivity index (χ1) is 9.16. The van der Waals surface area contributed by atoms with Crippen molar-refractivity contribution in [3.8, 4) is 5.75 Å². The molecule has 0 radical (unpaired) electrons. The van der Waals surface area contributed by atoms with Crippen molar-refractivity contribution in [3.05, 3.63) is 33.9 Å². The molecule has 0 spiro atoms. The van der Waals surface area contributed by atoms with Gasteiger partial charge in [-0.25, -0.2) is 0 Å². The molecule has 1 aliphatic heterocycles. The normalized spacial score (nSPS) is 16.3. The summed E-state index contributed by atoms with van der Waals surface area (Å²) in [5.41, 5.74) is 0.745. The Morgan fingerprint density at radius 1 is 1.42 bits per heavy atom. The number of hydrogen-bond acceptors (Lipinski definition) is 5. The standard InChI is InChI=1S/C13H18N2O4/c1-11-2-3-12(10-13(11)15(16)17)19-9-6-14-4-7-18-8-5-14/h2-3,10H,4-9H2,1H3. The van der Waals surface area contributed by atoms with E-state index in [2.05, 4.69) is 4.90 Å². The number of rotatable bonds is 5. The van der Waals surface area contributed by atoms with Crippen LogP contribution < -0.4 is 4.74 Å². The van der Waals surface area contributed by atoms with Crippen LogP contribution in [0.2, 0.25) is 0 Å². The summed E-state index contributed by atoms with van der Waals surface area (Å²) in [7, 11) is 0. The van der Waals surface area contributed by atoms with Gasteiger partial charge in [-0.1, -0.05) is 0 Å². The number of ether oxygens (including phenoxy) is 2. The third-order valence-electron chi connectivity index (χ3n) is 3.16. The molecule has 1 aliphatic rings.